The second kappa shape index (κ2) is 8.23. The highest BCUT2D eigenvalue weighted by Crippen LogP contribution is 2.32. The summed E-state index contributed by atoms with van der Waals surface area (Å²) in [6, 6.07) is 31.2. The fourth-order valence-corrected chi connectivity index (χ4v) is 4.20. The van der Waals surface area contributed by atoms with E-state index in [1.807, 2.05) is 30.3 Å². The maximum Gasteiger partial charge on any atom is 0.219 e. The third-order valence-corrected chi connectivity index (χ3v) is 5.79. The minimum absolute atomic E-state index is 0.753. The van der Waals surface area contributed by atoms with E-state index in [1.54, 1.807) is 21.3 Å². The van der Waals surface area contributed by atoms with Gasteiger partial charge in [0.15, 0.2) is 0 Å². The Morgan fingerprint density at radius 3 is 1.91 bits per heavy atom. The van der Waals surface area contributed by atoms with E-state index in [1.165, 1.54) is 10.8 Å². The fourth-order valence-electron chi connectivity index (χ4n) is 4.20. The van der Waals surface area contributed by atoms with Crippen molar-refractivity contribution in [2.75, 3.05) is 21.3 Å². The van der Waals surface area contributed by atoms with Gasteiger partial charge in [0, 0.05) is 29.8 Å². The van der Waals surface area contributed by atoms with Crippen molar-refractivity contribution >= 4 is 16.3 Å². The molecule has 5 aromatic rings. The van der Waals surface area contributed by atoms with E-state index >= 15 is 0 Å². The van der Waals surface area contributed by atoms with Crippen molar-refractivity contribution < 1.29 is 18.6 Å². The molecule has 0 unspecified atom stereocenters. The standard InChI is InChI=1S/C28H24NO3/c1-30-22-13-11-19(12-14-22)26-9-6-10-27-25-8-5-4-7-20(25)17-28(29(26)27)21-15-23(31-2)18-24(16-21)32-3/h4-18H,1-3H3/q+1. The molecule has 5 rings (SSSR count). The molecule has 4 heteroatoms. The van der Waals surface area contributed by atoms with Gasteiger partial charge in [0.2, 0.25) is 16.9 Å². The molecule has 0 bridgehead atoms. The van der Waals surface area contributed by atoms with E-state index in [2.05, 4.69) is 65.1 Å². The van der Waals surface area contributed by atoms with Gasteiger partial charge in [0.25, 0.3) is 0 Å². The minimum Gasteiger partial charge on any atom is -0.497 e. The molecule has 0 atom stereocenters. The van der Waals surface area contributed by atoms with Crippen LogP contribution in [0.1, 0.15) is 0 Å². The third-order valence-electron chi connectivity index (χ3n) is 5.79. The van der Waals surface area contributed by atoms with Gasteiger partial charge in [-0.2, -0.15) is 4.40 Å². The molecule has 158 valence electrons. The van der Waals surface area contributed by atoms with Gasteiger partial charge in [-0.3, -0.25) is 0 Å². The number of fused-ring (bicyclic) bond motifs is 3. The highest BCUT2D eigenvalue weighted by atomic mass is 16.5. The van der Waals surface area contributed by atoms with Crippen molar-refractivity contribution in [2.24, 2.45) is 0 Å². The first-order valence-electron chi connectivity index (χ1n) is 10.5. The zero-order valence-electron chi connectivity index (χ0n) is 18.3. The van der Waals surface area contributed by atoms with E-state index in [9.17, 15) is 0 Å². The highest BCUT2D eigenvalue weighted by Gasteiger charge is 2.22. The molecule has 3 aromatic carbocycles. The average Bonchev–Trinajstić information content (AvgIpc) is 2.87. The molecular weight excluding hydrogens is 398 g/mol. The van der Waals surface area contributed by atoms with Crippen LogP contribution in [0.15, 0.2) is 91.0 Å². The fraction of sp³-hybridized carbons (Fsp3) is 0.107. The second-order valence-corrected chi connectivity index (χ2v) is 7.58. The van der Waals surface area contributed by atoms with E-state index < -0.39 is 0 Å². The van der Waals surface area contributed by atoms with E-state index in [4.69, 9.17) is 14.2 Å². The number of hydrogen-bond acceptors (Lipinski definition) is 3. The SMILES string of the molecule is COc1ccc(-c2cccc3c4ccccc4cc(-c4cc(OC)cc(OC)c4)[n+]23)cc1. The van der Waals surface area contributed by atoms with Crippen LogP contribution in [0, 0.1) is 0 Å². The molecule has 0 spiro atoms. The van der Waals surface area contributed by atoms with Gasteiger partial charge in [0.1, 0.15) is 17.2 Å². The molecule has 0 radical (unpaired) electrons. The number of benzene rings is 3. The summed E-state index contributed by atoms with van der Waals surface area (Å²) in [6.45, 7) is 0. The number of nitrogens with zero attached hydrogens (tertiary/aromatic N) is 1. The van der Waals surface area contributed by atoms with Crippen molar-refractivity contribution in [3.63, 3.8) is 0 Å². The summed E-state index contributed by atoms with van der Waals surface area (Å²) in [4.78, 5) is 0. The van der Waals surface area contributed by atoms with Crippen LogP contribution in [-0.2, 0) is 0 Å². The monoisotopic (exact) mass is 422 g/mol. The number of hydrogen-bond donors (Lipinski definition) is 0. The van der Waals surface area contributed by atoms with Crippen molar-refractivity contribution in [3.05, 3.63) is 91.0 Å². The molecule has 0 fully saturated rings. The lowest BCUT2D eigenvalue weighted by Gasteiger charge is -2.11. The van der Waals surface area contributed by atoms with E-state index in [-0.39, 0.29) is 0 Å². The van der Waals surface area contributed by atoms with Gasteiger partial charge in [-0.25, -0.2) is 0 Å². The Kier molecular flexibility index (Phi) is 5.12. The minimum atomic E-state index is 0.753. The summed E-state index contributed by atoms with van der Waals surface area (Å²) in [6.07, 6.45) is 0. The predicted octanol–water partition coefficient (Wildman–Crippen LogP) is 5.94. The molecule has 32 heavy (non-hydrogen) atoms. The Morgan fingerprint density at radius 1 is 0.531 bits per heavy atom. The summed E-state index contributed by atoms with van der Waals surface area (Å²) in [5.41, 5.74) is 5.40. The van der Waals surface area contributed by atoms with Gasteiger partial charge in [-0.1, -0.05) is 18.2 Å². The molecule has 0 N–H and O–H groups in total. The quantitative estimate of drug-likeness (QED) is 0.260. The summed E-state index contributed by atoms with van der Waals surface area (Å²) in [5, 5.41) is 2.37. The summed E-state index contributed by atoms with van der Waals surface area (Å²) in [5.74, 6) is 2.34. The molecule has 0 aliphatic rings. The molecule has 0 aliphatic carbocycles. The highest BCUT2D eigenvalue weighted by molar-refractivity contribution is 5.96. The summed E-state index contributed by atoms with van der Waals surface area (Å²) in [7, 11) is 5.03. The van der Waals surface area contributed by atoms with Crippen LogP contribution in [-0.4, -0.2) is 21.3 Å². The number of methoxy groups -OCH3 is 3. The third kappa shape index (κ3) is 3.40. The van der Waals surface area contributed by atoms with Crippen LogP contribution >= 0.6 is 0 Å². The zero-order chi connectivity index (χ0) is 22.1. The topological polar surface area (TPSA) is 31.8 Å². The molecule has 4 nitrogen and oxygen atoms in total. The predicted molar refractivity (Wildman–Crippen MR) is 128 cm³/mol. The van der Waals surface area contributed by atoms with Crippen LogP contribution in [0.5, 0.6) is 17.2 Å². The van der Waals surface area contributed by atoms with Crippen molar-refractivity contribution in [1.82, 2.24) is 0 Å². The molecule has 2 heterocycles. The lowest BCUT2D eigenvalue weighted by atomic mass is 10.0. The van der Waals surface area contributed by atoms with Crippen molar-refractivity contribution in [3.8, 4) is 39.8 Å². The molecule has 2 aromatic heterocycles. The van der Waals surface area contributed by atoms with E-state index in [0.29, 0.717) is 0 Å². The molecule has 0 saturated carbocycles. The lowest BCUT2D eigenvalue weighted by molar-refractivity contribution is -0.485. The first-order chi connectivity index (χ1) is 15.7. The van der Waals surface area contributed by atoms with Gasteiger partial charge in [0.05, 0.1) is 32.3 Å². The molecular formula is C28H24NO3+. The first-order valence-corrected chi connectivity index (χ1v) is 10.5. The van der Waals surface area contributed by atoms with Crippen molar-refractivity contribution in [2.45, 2.75) is 0 Å². The number of pyridine rings is 2. The average molecular weight is 423 g/mol. The Morgan fingerprint density at radius 2 is 1.22 bits per heavy atom. The van der Waals surface area contributed by atoms with Crippen LogP contribution in [0.25, 0.3) is 38.8 Å². The van der Waals surface area contributed by atoms with Crippen LogP contribution in [0.4, 0.5) is 0 Å². The number of rotatable bonds is 5. The first kappa shape index (κ1) is 19.9. The summed E-state index contributed by atoms with van der Waals surface area (Å²) < 4.78 is 18.8. The number of aromatic nitrogens is 1. The summed E-state index contributed by atoms with van der Waals surface area (Å²) >= 11 is 0. The Balaban J connectivity index is 1.89. The molecule has 0 aliphatic heterocycles. The second-order valence-electron chi connectivity index (χ2n) is 7.58. The smallest absolute Gasteiger partial charge is 0.219 e. The van der Waals surface area contributed by atoms with Crippen LogP contribution in [0.3, 0.4) is 0 Å². The molecule has 0 saturated heterocycles. The Labute approximate surface area is 187 Å². The number of ether oxygens (including phenoxy) is 3. The largest absolute Gasteiger partial charge is 0.497 e. The van der Waals surface area contributed by atoms with Gasteiger partial charge in [-0.05, 0) is 53.9 Å². The van der Waals surface area contributed by atoms with Gasteiger partial charge < -0.3 is 14.2 Å². The normalized spacial score (nSPS) is 11.0. The zero-order valence-corrected chi connectivity index (χ0v) is 18.3. The molecule has 0 amide bonds. The maximum atomic E-state index is 5.56. The lowest BCUT2D eigenvalue weighted by Crippen LogP contribution is -2.28. The van der Waals surface area contributed by atoms with Crippen LogP contribution < -0.4 is 18.6 Å². The van der Waals surface area contributed by atoms with Crippen LogP contribution in [0.2, 0.25) is 0 Å². The maximum absolute atomic E-state index is 5.56. The van der Waals surface area contributed by atoms with Crippen molar-refractivity contribution in [1.29, 1.82) is 0 Å². The Bertz CT molecular complexity index is 1400. The van der Waals surface area contributed by atoms with E-state index in [0.717, 1.165) is 45.3 Å². The Hall–Kier alpha value is -4.05. The van der Waals surface area contributed by atoms with Gasteiger partial charge >= 0.3 is 0 Å². The van der Waals surface area contributed by atoms with Gasteiger partial charge in [-0.15, -0.1) is 0 Å².